The SMILES string of the molecule is C[C@H]1OC(=O)[C@@H]2C[C@@H]3CC(F)(F)CC[C@H]3[C@H](/C=C/c3ccc(-c4cccc(C(F)(F)F)c4)cn3)[C@H]12. The number of pyridine rings is 1. The Hall–Kier alpha value is -2.77. The zero-order valence-electron chi connectivity index (χ0n) is 19.1. The third kappa shape index (κ3) is 4.71. The number of nitrogens with zero attached hydrogens (tertiary/aromatic N) is 1. The molecule has 0 bridgehead atoms. The molecule has 3 aliphatic rings. The van der Waals surface area contributed by atoms with E-state index in [0.717, 1.165) is 12.1 Å². The van der Waals surface area contributed by atoms with Crippen LogP contribution in [-0.4, -0.2) is 23.0 Å². The van der Waals surface area contributed by atoms with Gasteiger partial charge in [0.25, 0.3) is 0 Å². The third-order valence-corrected chi connectivity index (χ3v) is 7.92. The Kier molecular flexibility index (Phi) is 5.96. The average molecular weight is 492 g/mol. The fraction of sp³-hybridized carbons (Fsp3) is 0.481. The molecule has 8 heteroatoms. The molecular formula is C27H26F5NO2. The molecule has 2 aromatic rings. The molecule has 0 N–H and O–H groups in total. The molecular weight excluding hydrogens is 465 g/mol. The highest BCUT2D eigenvalue weighted by atomic mass is 19.4. The summed E-state index contributed by atoms with van der Waals surface area (Å²) in [7, 11) is 0. The van der Waals surface area contributed by atoms with Crippen molar-refractivity contribution in [1.82, 2.24) is 4.98 Å². The summed E-state index contributed by atoms with van der Waals surface area (Å²) in [5.41, 5.74) is 0.864. The summed E-state index contributed by atoms with van der Waals surface area (Å²) in [5.74, 6) is -3.69. The zero-order valence-corrected chi connectivity index (χ0v) is 19.1. The first-order valence-electron chi connectivity index (χ1n) is 11.9. The van der Waals surface area contributed by atoms with Gasteiger partial charge >= 0.3 is 12.1 Å². The first kappa shape index (κ1) is 23.9. The van der Waals surface area contributed by atoms with E-state index in [1.54, 1.807) is 18.2 Å². The Bertz CT molecular complexity index is 1130. The molecule has 1 aromatic heterocycles. The normalized spacial score (nSPS) is 32.2. The van der Waals surface area contributed by atoms with Crippen LogP contribution in [0.1, 0.15) is 43.9 Å². The van der Waals surface area contributed by atoms with Gasteiger partial charge in [0.05, 0.1) is 17.2 Å². The number of benzene rings is 1. The van der Waals surface area contributed by atoms with Gasteiger partial charge in [-0.15, -0.1) is 0 Å². The number of carbonyl (C=O) groups excluding carboxylic acids is 1. The monoisotopic (exact) mass is 491 g/mol. The van der Waals surface area contributed by atoms with Gasteiger partial charge in [-0.3, -0.25) is 9.78 Å². The minimum absolute atomic E-state index is 0.0495. The molecule has 1 aromatic carbocycles. The Balaban J connectivity index is 1.38. The Morgan fingerprint density at radius 3 is 2.66 bits per heavy atom. The Morgan fingerprint density at radius 1 is 1.14 bits per heavy atom. The number of rotatable bonds is 3. The standard InChI is InChI=1S/C27H26F5NO2/c1-15-24-22(21-9-10-26(28,29)13-18(21)12-23(24)25(34)35-15)8-7-20-6-5-17(14-33-20)16-3-2-4-19(11-16)27(30,31)32/h2-8,11,14-15,18,21-24H,9-10,12-13H2,1H3/b8-7+/t15-,18-,21-,22+,23-,24+/m1/s1. The van der Waals surface area contributed by atoms with Crippen LogP contribution < -0.4 is 0 Å². The summed E-state index contributed by atoms with van der Waals surface area (Å²) < 4.78 is 72.9. The van der Waals surface area contributed by atoms with Crippen molar-refractivity contribution in [2.45, 2.75) is 50.8 Å². The van der Waals surface area contributed by atoms with Gasteiger partial charge in [0, 0.05) is 30.5 Å². The van der Waals surface area contributed by atoms with Crippen molar-refractivity contribution in [3.05, 3.63) is 59.9 Å². The number of esters is 1. The smallest absolute Gasteiger partial charge is 0.416 e. The van der Waals surface area contributed by atoms with Gasteiger partial charge < -0.3 is 4.74 Å². The van der Waals surface area contributed by atoms with Crippen molar-refractivity contribution in [2.75, 3.05) is 0 Å². The van der Waals surface area contributed by atoms with Crippen molar-refractivity contribution >= 4 is 12.0 Å². The van der Waals surface area contributed by atoms with E-state index in [4.69, 9.17) is 4.74 Å². The minimum Gasteiger partial charge on any atom is -0.462 e. The predicted molar refractivity (Wildman–Crippen MR) is 120 cm³/mol. The van der Waals surface area contributed by atoms with E-state index in [2.05, 4.69) is 4.98 Å². The van der Waals surface area contributed by atoms with Crippen molar-refractivity contribution in [2.24, 2.45) is 29.6 Å². The highest BCUT2D eigenvalue weighted by molar-refractivity contribution is 5.75. The summed E-state index contributed by atoms with van der Waals surface area (Å²) in [6, 6.07) is 8.51. The van der Waals surface area contributed by atoms with Crippen LogP contribution in [0.25, 0.3) is 17.2 Å². The maximum atomic E-state index is 14.1. The van der Waals surface area contributed by atoms with Crippen molar-refractivity contribution < 1.29 is 31.5 Å². The van der Waals surface area contributed by atoms with Gasteiger partial charge in [0.2, 0.25) is 5.92 Å². The number of allylic oxidation sites excluding steroid dienone is 1. The number of aromatic nitrogens is 1. The maximum absolute atomic E-state index is 14.1. The summed E-state index contributed by atoms with van der Waals surface area (Å²) in [6.07, 6.45) is 1.12. The number of hydrogen-bond donors (Lipinski definition) is 0. The lowest BCUT2D eigenvalue weighted by Crippen LogP contribution is -2.46. The summed E-state index contributed by atoms with van der Waals surface area (Å²) in [4.78, 5) is 16.8. The number of carbonyl (C=O) groups is 1. The molecule has 0 amide bonds. The molecule has 1 saturated heterocycles. The molecule has 1 aliphatic heterocycles. The molecule has 0 unspecified atom stereocenters. The van der Waals surface area contributed by atoms with Crippen molar-refractivity contribution in [1.29, 1.82) is 0 Å². The fourth-order valence-corrected chi connectivity index (χ4v) is 6.33. The Labute approximate surface area is 200 Å². The molecule has 0 spiro atoms. The second-order valence-corrected chi connectivity index (χ2v) is 10.1. The number of cyclic esters (lactones) is 1. The Morgan fingerprint density at radius 2 is 1.94 bits per heavy atom. The third-order valence-electron chi connectivity index (χ3n) is 7.92. The van der Waals surface area contributed by atoms with Gasteiger partial charge in [-0.05, 0) is 67.4 Å². The van der Waals surface area contributed by atoms with E-state index in [1.807, 2.05) is 19.1 Å². The van der Waals surface area contributed by atoms with Gasteiger partial charge in [-0.2, -0.15) is 13.2 Å². The van der Waals surface area contributed by atoms with Gasteiger partial charge in [0.15, 0.2) is 0 Å². The van der Waals surface area contributed by atoms with Crippen molar-refractivity contribution in [3.63, 3.8) is 0 Å². The minimum atomic E-state index is -4.42. The number of ether oxygens (including phenoxy) is 1. The first-order valence-corrected chi connectivity index (χ1v) is 11.9. The fourth-order valence-electron chi connectivity index (χ4n) is 6.33. The number of alkyl halides is 5. The molecule has 6 atom stereocenters. The van der Waals surface area contributed by atoms with E-state index in [9.17, 15) is 26.7 Å². The zero-order chi connectivity index (χ0) is 25.0. The highest BCUT2D eigenvalue weighted by Crippen LogP contribution is 2.56. The molecule has 2 aliphatic carbocycles. The highest BCUT2D eigenvalue weighted by Gasteiger charge is 2.56. The molecule has 5 rings (SSSR count). The van der Waals surface area contributed by atoms with Crippen LogP contribution in [0, 0.1) is 29.6 Å². The molecule has 3 fully saturated rings. The molecule has 35 heavy (non-hydrogen) atoms. The summed E-state index contributed by atoms with van der Waals surface area (Å²) in [5, 5.41) is 0. The number of fused-ring (bicyclic) bond motifs is 2. The first-order chi connectivity index (χ1) is 16.5. The molecule has 186 valence electrons. The molecule has 2 heterocycles. The van der Waals surface area contributed by atoms with Crippen LogP contribution >= 0.6 is 0 Å². The summed E-state index contributed by atoms with van der Waals surface area (Å²) in [6.45, 7) is 1.86. The second kappa shape index (κ2) is 8.71. The van der Waals surface area contributed by atoms with E-state index in [0.29, 0.717) is 29.7 Å². The lowest BCUT2D eigenvalue weighted by atomic mass is 9.57. The predicted octanol–water partition coefficient (Wildman–Crippen LogP) is 7.03. The summed E-state index contributed by atoms with van der Waals surface area (Å²) >= 11 is 0. The largest absolute Gasteiger partial charge is 0.462 e. The van der Waals surface area contributed by atoms with Crippen LogP contribution in [0.4, 0.5) is 22.0 Å². The van der Waals surface area contributed by atoms with E-state index >= 15 is 0 Å². The van der Waals surface area contributed by atoms with E-state index < -0.39 is 17.7 Å². The van der Waals surface area contributed by atoms with E-state index in [-0.39, 0.29) is 54.5 Å². The lowest BCUT2D eigenvalue weighted by Gasteiger charge is -2.47. The number of halogens is 5. The maximum Gasteiger partial charge on any atom is 0.416 e. The molecule has 3 nitrogen and oxygen atoms in total. The van der Waals surface area contributed by atoms with Gasteiger partial charge in [-0.1, -0.05) is 24.3 Å². The number of hydrogen-bond acceptors (Lipinski definition) is 3. The van der Waals surface area contributed by atoms with Crippen LogP contribution in [0.5, 0.6) is 0 Å². The van der Waals surface area contributed by atoms with Crippen LogP contribution in [0.3, 0.4) is 0 Å². The average Bonchev–Trinajstić information content (AvgIpc) is 3.09. The molecule has 2 saturated carbocycles. The van der Waals surface area contributed by atoms with Crippen LogP contribution in [-0.2, 0) is 15.7 Å². The van der Waals surface area contributed by atoms with Crippen LogP contribution in [0.15, 0.2) is 48.7 Å². The molecule has 0 radical (unpaired) electrons. The van der Waals surface area contributed by atoms with Gasteiger partial charge in [0.1, 0.15) is 6.10 Å². The quantitative estimate of drug-likeness (QED) is 0.342. The van der Waals surface area contributed by atoms with E-state index in [1.165, 1.54) is 12.3 Å². The van der Waals surface area contributed by atoms with Gasteiger partial charge in [-0.25, -0.2) is 8.78 Å². The topological polar surface area (TPSA) is 39.2 Å². The lowest BCUT2D eigenvalue weighted by molar-refractivity contribution is -0.145. The van der Waals surface area contributed by atoms with Crippen molar-refractivity contribution in [3.8, 4) is 11.1 Å². The second-order valence-electron chi connectivity index (χ2n) is 10.1. The van der Waals surface area contributed by atoms with Crippen LogP contribution in [0.2, 0.25) is 0 Å².